The third-order valence-electron chi connectivity index (χ3n) is 5.00. The van der Waals surface area contributed by atoms with Crippen LogP contribution in [0.25, 0.3) is 0 Å². The number of ketones is 1. The van der Waals surface area contributed by atoms with Crippen LogP contribution in [-0.4, -0.2) is 10.6 Å². The Labute approximate surface area is 163 Å². The Morgan fingerprint density at radius 2 is 0.920 bits per heavy atom. The van der Waals surface area contributed by atoms with Crippen molar-refractivity contribution in [3.8, 4) is 0 Å². The topological polar surface area (TPSA) is 17.1 Å². The Kier molecular flexibility index (Phi) is 19.9. The van der Waals surface area contributed by atoms with Crippen LogP contribution >= 0.6 is 12.2 Å². The molecule has 25 heavy (non-hydrogen) atoms. The Balaban J connectivity index is 3.21. The summed E-state index contributed by atoms with van der Waals surface area (Å²) in [5.41, 5.74) is 0. The fourth-order valence-electron chi connectivity index (χ4n) is 3.34. The van der Waals surface area contributed by atoms with Crippen LogP contribution in [0.1, 0.15) is 136 Å². The van der Waals surface area contributed by atoms with Gasteiger partial charge in [-0.3, -0.25) is 4.79 Å². The molecule has 0 aromatic carbocycles. The smallest absolute Gasteiger partial charge is 0.132 e. The third kappa shape index (κ3) is 19.9. The molecule has 1 nitrogen and oxygen atoms in total. The number of hydrogen-bond donors (Lipinski definition) is 0. The summed E-state index contributed by atoms with van der Waals surface area (Å²) in [6.07, 6.45) is 23.5. The van der Waals surface area contributed by atoms with Gasteiger partial charge in [0.15, 0.2) is 0 Å². The monoisotopic (exact) mass is 368 g/mol. The van der Waals surface area contributed by atoms with Crippen LogP contribution < -0.4 is 0 Å². The van der Waals surface area contributed by atoms with Crippen LogP contribution in [0.4, 0.5) is 0 Å². The van der Waals surface area contributed by atoms with Crippen molar-refractivity contribution >= 4 is 22.9 Å². The average Bonchev–Trinajstić information content (AvgIpc) is 2.59. The lowest BCUT2D eigenvalue weighted by Gasteiger charge is -2.05. The van der Waals surface area contributed by atoms with Crippen LogP contribution in [-0.2, 0) is 4.79 Å². The van der Waals surface area contributed by atoms with E-state index < -0.39 is 0 Å². The van der Waals surface area contributed by atoms with Crippen molar-refractivity contribution in [1.82, 2.24) is 0 Å². The molecule has 0 radical (unpaired) electrons. The minimum absolute atomic E-state index is 0.436. The third-order valence-corrected chi connectivity index (χ3v) is 5.41. The number of thiocarbonyl (C=S) groups is 1. The number of Topliss-reactive ketones (excluding diaryl/α,β-unsaturated/α-hetero) is 1. The minimum Gasteiger partial charge on any atom is -0.300 e. The van der Waals surface area contributed by atoms with Gasteiger partial charge in [0.2, 0.25) is 0 Å². The summed E-state index contributed by atoms with van der Waals surface area (Å²) >= 11 is 5.50. The van der Waals surface area contributed by atoms with E-state index >= 15 is 0 Å². The lowest BCUT2D eigenvalue weighted by molar-refractivity contribution is -0.119. The van der Waals surface area contributed by atoms with E-state index in [1.807, 2.05) is 0 Å². The largest absolute Gasteiger partial charge is 0.300 e. The standard InChI is InChI=1S/C23H44OS/c1-3-5-6-7-8-9-10-11-12-13-16-20-23(25)21-17-14-15-19-22(24)18-4-2/h3-21H2,1-2H3. The highest BCUT2D eigenvalue weighted by atomic mass is 32.1. The van der Waals surface area contributed by atoms with Crippen molar-refractivity contribution in [2.45, 2.75) is 136 Å². The zero-order valence-corrected chi connectivity index (χ0v) is 18.1. The van der Waals surface area contributed by atoms with Crippen molar-refractivity contribution in [3.05, 3.63) is 0 Å². The maximum absolute atomic E-state index is 11.4. The molecule has 0 aliphatic rings. The van der Waals surface area contributed by atoms with Gasteiger partial charge in [-0.15, -0.1) is 0 Å². The van der Waals surface area contributed by atoms with Crippen molar-refractivity contribution in [3.63, 3.8) is 0 Å². The lowest BCUT2D eigenvalue weighted by Crippen LogP contribution is -1.98. The first kappa shape index (κ1) is 24.8. The minimum atomic E-state index is 0.436. The predicted molar refractivity (Wildman–Crippen MR) is 117 cm³/mol. The summed E-state index contributed by atoms with van der Waals surface area (Å²) in [5, 5.41) is 0. The molecule has 2 heteroatoms. The Morgan fingerprint density at radius 1 is 0.520 bits per heavy atom. The fourth-order valence-corrected chi connectivity index (χ4v) is 3.63. The van der Waals surface area contributed by atoms with Crippen LogP contribution in [0.15, 0.2) is 0 Å². The summed E-state index contributed by atoms with van der Waals surface area (Å²) in [6.45, 7) is 4.35. The van der Waals surface area contributed by atoms with Gasteiger partial charge in [0.05, 0.1) is 0 Å². The quantitative estimate of drug-likeness (QED) is 0.158. The first-order chi connectivity index (χ1) is 12.2. The normalized spacial score (nSPS) is 11.0. The maximum Gasteiger partial charge on any atom is 0.132 e. The number of rotatable bonds is 20. The molecule has 0 heterocycles. The molecular formula is C23H44OS. The molecule has 0 bridgehead atoms. The molecule has 148 valence electrons. The molecule has 0 aliphatic heterocycles. The zero-order valence-electron chi connectivity index (χ0n) is 17.3. The molecule has 0 spiro atoms. The first-order valence-electron chi connectivity index (χ1n) is 11.2. The summed E-state index contributed by atoms with van der Waals surface area (Å²) in [4.78, 5) is 12.7. The fraction of sp³-hybridized carbons (Fsp3) is 0.913. The molecule has 0 saturated heterocycles. The highest BCUT2D eigenvalue weighted by Crippen LogP contribution is 2.14. The van der Waals surface area contributed by atoms with E-state index in [0.29, 0.717) is 5.78 Å². The highest BCUT2D eigenvalue weighted by Gasteiger charge is 2.01. The van der Waals surface area contributed by atoms with Gasteiger partial charge in [0, 0.05) is 12.8 Å². The Morgan fingerprint density at radius 3 is 1.40 bits per heavy atom. The summed E-state index contributed by atoms with van der Waals surface area (Å²) in [5.74, 6) is 0.436. The van der Waals surface area contributed by atoms with E-state index in [1.165, 1.54) is 81.9 Å². The second kappa shape index (κ2) is 20.1. The van der Waals surface area contributed by atoms with Crippen molar-refractivity contribution in [1.29, 1.82) is 0 Å². The van der Waals surface area contributed by atoms with E-state index in [4.69, 9.17) is 12.2 Å². The second-order valence-electron chi connectivity index (χ2n) is 7.67. The van der Waals surface area contributed by atoms with Crippen molar-refractivity contribution in [2.24, 2.45) is 0 Å². The van der Waals surface area contributed by atoms with E-state index in [0.717, 1.165) is 44.9 Å². The Bertz CT molecular complexity index is 311. The first-order valence-corrected chi connectivity index (χ1v) is 11.6. The predicted octanol–water partition coefficient (Wildman–Crippen LogP) is 8.38. The molecule has 0 saturated carbocycles. The molecule has 0 aromatic heterocycles. The molecule has 0 aromatic rings. The SMILES string of the molecule is CCCCCCCCCCCCCC(=S)CCCCCC(=O)CCC. The van der Waals surface area contributed by atoms with E-state index in [-0.39, 0.29) is 0 Å². The van der Waals surface area contributed by atoms with Gasteiger partial charge >= 0.3 is 0 Å². The summed E-state index contributed by atoms with van der Waals surface area (Å²) < 4.78 is 0. The van der Waals surface area contributed by atoms with Gasteiger partial charge in [0.1, 0.15) is 5.78 Å². The number of hydrogen-bond acceptors (Lipinski definition) is 2. The second-order valence-corrected chi connectivity index (χ2v) is 8.25. The average molecular weight is 369 g/mol. The maximum atomic E-state index is 11.4. The molecular weight excluding hydrogens is 324 g/mol. The molecule has 0 amide bonds. The van der Waals surface area contributed by atoms with Crippen LogP contribution in [0.2, 0.25) is 0 Å². The molecule has 0 N–H and O–H groups in total. The highest BCUT2D eigenvalue weighted by molar-refractivity contribution is 7.80. The zero-order chi connectivity index (χ0) is 18.6. The van der Waals surface area contributed by atoms with Crippen LogP contribution in [0.5, 0.6) is 0 Å². The van der Waals surface area contributed by atoms with Crippen LogP contribution in [0.3, 0.4) is 0 Å². The van der Waals surface area contributed by atoms with Gasteiger partial charge in [0.25, 0.3) is 0 Å². The summed E-state index contributed by atoms with van der Waals surface area (Å²) in [6, 6.07) is 0. The number of carbonyl (C=O) groups is 1. The molecule has 0 aliphatic carbocycles. The number of unbranched alkanes of at least 4 members (excludes halogenated alkanes) is 12. The van der Waals surface area contributed by atoms with Gasteiger partial charge in [-0.05, 0) is 43.4 Å². The molecule has 0 fully saturated rings. The Hall–Kier alpha value is -0.240. The lowest BCUT2D eigenvalue weighted by atomic mass is 10.0. The van der Waals surface area contributed by atoms with Crippen molar-refractivity contribution < 1.29 is 4.79 Å². The van der Waals surface area contributed by atoms with Gasteiger partial charge in [-0.1, -0.05) is 96.7 Å². The van der Waals surface area contributed by atoms with Gasteiger partial charge < -0.3 is 0 Å². The van der Waals surface area contributed by atoms with E-state index in [1.54, 1.807) is 0 Å². The van der Waals surface area contributed by atoms with E-state index in [9.17, 15) is 4.79 Å². The van der Waals surface area contributed by atoms with Gasteiger partial charge in [-0.2, -0.15) is 0 Å². The van der Waals surface area contributed by atoms with Crippen LogP contribution in [0, 0.1) is 0 Å². The molecule has 0 atom stereocenters. The summed E-state index contributed by atoms with van der Waals surface area (Å²) in [7, 11) is 0. The molecule has 0 unspecified atom stereocenters. The van der Waals surface area contributed by atoms with E-state index in [2.05, 4.69) is 13.8 Å². The van der Waals surface area contributed by atoms with Gasteiger partial charge in [-0.25, -0.2) is 0 Å². The van der Waals surface area contributed by atoms with Crippen molar-refractivity contribution in [2.75, 3.05) is 0 Å². The number of carbonyl (C=O) groups excluding carboxylic acids is 1. The molecule has 0 rings (SSSR count).